The fourth-order valence-electron chi connectivity index (χ4n) is 2.01. The maximum absolute atomic E-state index is 6.04. The van der Waals surface area contributed by atoms with E-state index in [-0.39, 0.29) is 6.61 Å². The summed E-state index contributed by atoms with van der Waals surface area (Å²) in [5.74, 6) is 1.74. The van der Waals surface area contributed by atoms with Crippen LogP contribution in [0.2, 0.25) is 0 Å². The highest BCUT2D eigenvalue weighted by Crippen LogP contribution is 2.31. The Kier molecular flexibility index (Phi) is 3.77. The molecule has 3 rings (SSSR count). The summed E-state index contributed by atoms with van der Waals surface area (Å²) >= 11 is 4.98. The zero-order valence-corrected chi connectivity index (χ0v) is 14.0. The van der Waals surface area contributed by atoms with Crippen molar-refractivity contribution in [2.24, 2.45) is 0 Å². The normalized spacial score (nSPS) is 11.0. The van der Waals surface area contributed by atoms with Gasteiger partial charge in [-0.2, -0.15) is 0 Å². The van der Waals surface area contributed by atoms with Crippen molar-refractivity contribution in [3.63, 3.8) is 0 Å². The average molecular weight is 365 g/mol. The highest BCUT2D eigenvalue weighted by atomic mass is 79.9. The summed E-state index contributed by atoms with van der Waals surface area (Å²) in [5, 5.41) is 0.949. The van der Waals surface area contributed by atoms with E-state index in [0.717, 1.165) is 20.3 Å². The second-order valence-electron chi connectivity index (χ2n) is 4.62. The molecule has 0 fully saturated rings. The van der Waals surface area contributed by atoms with Crippen LogP contribution in [-0.2, 0) is 6.61 Å². The summed E-state index contributed by atoms with van der Waals surface area (Å²) in [7, 11) is 0. The molecule has 3 heterocycles. The molecule has 0 saturated carbocycles. The molecule has 0 radical (unpaired) electrons. The molecule has 2 N–H and O–H groups in total. The Labute approximate surface area is 134 Å². The van der Waals surface area contributed by atoms with E-state index in [2.05, 4.69) is 37.8 Å². The molecule has 0 bridgehead atoms. The Bertz CT molecular complexity index is 818. The van der Waals surface area contributed by atoms with Crippen molar-refractivity contribution in [1.29, 1.82) is 0 Å². The number of thiophene rings is 1. The lowest BCUT2D eigenvalue weighted by Crippen LogP contribution is -2.04. The van der Waals surface area contributed by atoms with Crippen molar-refractivity contribution < 1.29 is 4.74 Å². The summed E-state index contributed by atoms with van der Waals surface area (Å²) in [5.41, 5.74) is 7.19. The molecule has 0 aromatic carbocycles. The van der Waals surface area contributed by atoms with Gasteiger partial charge < -0.3 is 10.5 Å². The minimum absolute atomic E-state index is 0.258. The molecule has 3 aromatic rings. The number of fused-ring (bicyclic) bond motifs is 1. The fourth-order valence-corrected chi connectivity index (χ4v) is 3.41. The van der Waals surface area contributed by atoms with Gasteiger partial charge in [0, 0.05) is 15.5 Å². The summed E-state index contributed by atoms with van der Waals surface area (Å²) < 4.78 is 6.51. The van der Waals surface area contributed by atoms with Crippen LogP contribution in [0.25, 0.3) is 10.2 Å². The predicted molar refractivity (Wildman–Crippen MR) is 87.6 cm³/mol. The lowest BCUT2D eigenvalue weighted by Gasteiger charge is -2.06. The molecule has 0 saturated heterocycles. The maximum Gasteiger partial charge on any atom is 0.169 e. The first-order valence-electron chi connectivity index (χ1n) is 6.30. The van der Waals surface area contributed by atoms with Gasteiger partial charge in [0.25, 0.3) is 0 Å². The van der Waals surface area contributed by atoms with Gasteiger partial charge in [-0.05, 0) is 41.4 Å². The third kappa shape index (κ3) is 2.84. The summed E-state index contributed by atoms with van der Waals surface area (Å²) in [6, 6.07) is 1.84. The van der Waals surface area contributed by atoms with Crippen LogP contribution in [-0.4, -0.2) is 15.0 Å². The van der Waals surface area contributed by atoms with Gasteiger partial charge >= 0.3 is 0 Å². The minimum Gasteiger partial charge on any atom is -0.484 e. The van der Waals surface area contributed by atoms with E-state index in [1.165, 1.54) is 4.88 Å². The van der Waals surface area contributed by atoms with E-state index in [4.69, 9.17) is 10.5 Å². The number of halogens is 1. The van der Waals surface area contributed by atoms with Gasteiger partial charge in [0.15, 0.2) is 5.82 Å². The summed E-state index contributed by atoms with van der Waals surface area (Å²) in [4.78, 5) is 15.0. The second kappa shape index (κ2) is 5.57. The van der Waals surface area contributed by atoms with Crippen LogP contribution in [0, 0.1) is 13.8 Å². The molecule has 7 heteroatoms. The first-order valence-corrected chi connectivity index (χ1v) is 7.91. The van der Waals surface area contributed by atoms with E-state index < -0.39 is 0 Å². The van der Waals surface area contributed by atoms with Crippen LogP contribution in [0.5, 0.6) is 5.75 Å². The van der Waals surface area contributed by atoms with Crippen LogP contribution < -0.4 is 10.5 Å². The smallest absolute Gasteiger partial charge is 0.169 e. The Hall–Kier alpha value is -1.73. The van der Waals surface area contributed by atoms with Gasteiger partial charge in [-0.1, -0.05) is 0 Å². The van der Waals surface area contributed by atoms with Crippen LogP contribution >= 0.6 is 27.3 Å². The number of pyridine rings is 1. The number of rotatable bonds is 3. The fraction of sp³-hybridized carbons (Fsp3) is 0.214. The van der Waals surface area contributed by atoms with Crippen molar-refractivity contribution >= 4 is 43.3 Å². The highest BCUT2D eigenvalue weighted by molar-refractivity contribution is 9.10. The standard InChI is InChI=1S/C14H13BrN4OS/c1-7-8(2)21-14-12(7)13(16)18-11(19-14)6-20-10-3-9(15)4-17-5-10/h3-5H,6H2,1-2H3,(H2,16,18,19). The highest BCUT2D eigenvalue weighted by Gasteiger charge is 2.12. The number of aromatic nitrogens is 3. The monoisotopic (exact) mass is 364 g/mol. The van der Waals surface area contributed by atoms with Crippen LogP contribution in [0.4, 0.5) is 5.82 Å². The first kappa shape index (κ1) is 14.2. The molecule has 0 unspecified atom stereocenters. The number of anilines is 1. The number of nitrogen functional groups attached to an aromatic ring is 1. The van der Waals surface area contributed by atoms with Crippen molar-refractivity contribution in [1.82, 2.24) is 15.0 Å². The lowest BCUT2D eigenvalue weighted by molar-refractivity contribution is 0.295. The quantitative estimate of drug-likeness (QED) is 0.767. The van der Waals surface area contributed by atoms with Gasteiger partial charge in [-0.25, -0.2) is 9.97 Å². The third-order valence-electron chi connectivity index (χ3n) is 3.15. The molecule has 0 atom stereocenters. The summed E-state index contributed by atoms with van der Waals surface area (Å²) in [6.07, 6.45) is 3.34. The molecule has 5 nitrogen and oxygen atoms in total. The predicted octanol–water partition coefficient (Wildman–Crippen LogP) is 3.63. The zero-order valence-electron chi connectivity index (χ0n) is 11.6. The molecule has 0 spiro atoms. The van der Waals surface area contributed by atoms with Gasteiger partial charge in [-0.15, -0.1) is 11.3 Å². The number of nitrogens with zero attached hydrogens (tertiary/aromatic N) is 3. The average Bonchev–Trinajstić information content (AvgIpc) is 2.72. The van der Waals surface area contributed by atoms with Gasteiger partial charge in [0.05, 0.1) is 11.6 Å². The summed E-state index contributed by atoms with van der Waals surface area (Å²) in [6.45, 7) is 4.36. The SMILES string of the molecule is Cc1sc2nc(COc3cncc(Br)c3)nc(N)c2c1C. The number of hydrogen-bond donors (Lipinski definition) is 1. The molecule has 3 aromatic heterocycles. The maximum atomic E-state index is 6.04. The largest absolute Gasteiger partial charge is 0.484 e. The van der Waals surface area contributed by atoms with E-state index >= 15 is 0 Å². The Morgan fingerprint density at radius 1 is 1.29 bits per heavy atom. The first-order chi connectivity index (χ1) is 10.0. The molecular formula is C14H13BrN4OS. The van der Waals surface area contributed by atoms with Crippen molar-refractivity contribution in [2.75, 3.05) is 5.73 Å². The molecular weight excluding hydrogens is 352 g/mol. The van der Waals surface area contributed by atoms with Crippen LogP contribution in [0.15, 0.2) is 22.9 Å². The van der Waals surface area contributed by atoms with Gasteiger partial charge in [0.1, 0.15) is 23.0 Å². The number of aryl methyl sites for hydroxylation is 2. The van der Waals surface area contributed by atoms with Crippen LogP contribution in [0.1, 0.15) is 16.3 Å². The Morgan fingerprint density at radius 2 is 2.10 bits per heavy atom. The lowest BCUT2D eigenvalue weighted by atomic mass is 10.2. The van der Waals surface area contributed by atoms with Gasteiger partial charge in [-0.3, -0.25) is 4.98 Å². The third-order valence-corrected chi connectivity index (χ3v) is 4.69. The molecule has 0 aliphatic carbocycles. The van der Waals surface area contributed by atoms with E-state index in [1.807, 2.05) is 13.0 Å². The molecule has 0 aliphatic heterocycles. The number of nitrogens with two attached hydrogens (primary N) is 1. The molecule has 108 valence electrons. The van der Waals surface area contributed by atoms with Crippen molar-refractivity contribution in [2.45, 2.75) is 20.5 Å². The topological polar surface area (TPSA) is 73.9 Å². The van der Waals surface area contributed by atoms with Crippen molar-refractivity contribution in [3.05, 3.63) is 39.2 Å². The molecule has 0 aliphatic rings. The Balaban J connectivity index is 1.88. The zero-order chi connectivity index (χ0) is 15.0. The van der Waals surface area contributed by atoms with Crippen molar-refractivity contribution in [3.8, 4) is 5.75 Å². The minimum atomic E-state index is 0.258. The Morgan fingerprint density at radius 3 is 2.86 bits per heavy atom. The van der Waals surface area contributed by atoms with Gasteiger partial charge in [0.2, 0.25) is 0 Å². The molecule has 21 heavy (non-hydrogen) atoms. The number of hydrogen-bond acceptors (Lipinski definition) is 6. The van der Waals surface area contributed by atoms with Crippen LogP contribution in [0.3, 0.4) is 0 Å². The van der Waals surface area contributed by atoms with E-state index in [1.54, 1.807) is 23.7 Å². The molecule has 0 amide bonds. The second-order valence-corrected chi connectivity index (χ2v) is 6.73. The van der Waals surface area contributed by atoms with E-state index in [9.17, 15) is 0 Å². The van der Waals surface area contributed by atoms with E-state index in [0.29, 0.717) is 17.4 Å². The number of ether oxygens (including phenoxy) is 1.